The third kappa shape index (κ3) is 4.08. The Morgan fingerprint density at radius 2 is 2.09 bits per heavy atom. The van der Waals surface area contributed by atoms with E-state index in [0.29, 0.717) is 30.6 Å². The number of nitrogens with zero attached hydrogens (tertiary/aromatic N) is 3. The zero-order chi connectivity index (χ0) is 16.3. The lowest BCUT2D eigenvalue weighted by molar-refractivity contribution is -0.155. The molecule has 0 bridgehead atoms. The number of esters is 1. The maximum absolute atomic E-state index is 12.2. The summed E-state index contributed by atoms with van der Waals surface area (Å²) in [6.07, 6.45) is 4.45. The van der Waals surface area contributed by atoms with E-state index in [1.165, 1.54) is 12.8 Å². The quantitative estimate of drug-likeness (QED) is 0.785. The van der Waals surface area contributed by atoms with Gasteiger partial charge in [-0.1, -0.05) is 27.2 Å². The molecule has 0 unspecified atom stereocenters. The fourth-order valence-corrected chi connectivity index (χ4v) is 3.36. The van der Waals surface area contributed by atoms with Crippen molar-refractivity contribution in [1.82, 2.24) is 14.8 Å². The Morgan fingerprint density at radius 1 is 1.36 bits per heavy atom. The van der Waals surface area contributed by atoms with E-state index in [1.807, 2.05) is 18.5 Å². The van der Waals surface area contributed by atoms with E-state index in [1.54, 1.807) is 0 Å². The monoisotopic (exact) mass is 307 g/mol. The normalized spacial score (nSPS) is 25.5. The van der Waals surface area contributed by atoms with Gasteiger partial charge in [-0.05, 0) is 37.5 Å². The zero-order valence-corrected chi connectivity index (χ0v) is 14.5. The number of ether oxygens (including phenoxy) is 1. The second-order valence-corrected chi connectivity index (χ2v) is 7.08. The van der Waals surface area contributed by atoms with Crippen LogP contribution in [0.3, 0.4) is 0 Å². The zero-order valence-electron chi connectivity index (χ0n) is 14.5. The van der Waals surface area contributed by atoms with Crippen molar-refractivity contribution in [1.29, 1.82) is 0 Å². The van der Waals surface area contributed by atoms with Gasteiger partial charge in [0.1, 0.15) is 17.8 Å². The predicted octanol–water partition coefficient (Wildman–Crippen LogP) is 3.06. The van der Waals surface area contributed by atoms with Gasteiger partial charge in [-0.25, -0.2) is 0 Å². The fraction of sp³-hybridized carbons (Fsp3) is 0.824. The maximum atomic E-state index is 12.2. The summed E-state index contributed by atoms with van der Waals surface area (Å²) in [4.78, 5) is 12.2. The van der Waals surface area contributed by atoms with E-state index in [4.69, 9.17) is 4.74 Å². The molecule has 1 aromatic heterocycles. The van der Waals surface area contributed by atoms with Gasteiger partial charge in [0.05, 0.1) is 6.42 Å². The molecule has 3 atom stereocenters. The van der Waals surface area contributed by atoms with Crippen LogP contribution in [0.2, 0.25) is 0 Å². The highest BCUT2D eigenvalue weighted by Gasteiger charge is 2.33. The topological polar surface area (TPSA) is 57.0 Å². The summed E-state index contributed by atoms with van der Waals surface area (Å²) in [7, 11) is 1.92. The summed E-state index contributed by atoms with van der Waals surface area (Å²) >= 11 is 0. The van der Waals surface area contributed by atoms with Crippen LogP contribution in [0.5, 0.6) is 0 Å². The van der Waals surface area contributed by atoms with Crippen molar-refractivity contribution in [3.8, 4) is 0 Å². The molecule has 0 radical (unpaired) electrons. The van der Waals surface area contributed by atoms with E-state index in [0.717, 1.165) is 18.1 Å². The Kier molecular flexibility index (Phi) is 5.59. The van der Waals surface area contributed by atoms with Crippen LogP contribution in [0.25, 0.3) is 0 Å². The van der Waals surface area contributed by atoms with E-state index in [9.17, 15) is 4.79 Å². The smallest absolute Gasteiger partial charge is 0.306 e. The molecule has 0 saturated heterocycles. The molecule has 0 spiro atoms. The van der Waals surface area contributed by atoms with Crippen molar-refractivity contribution in [2.75, 3.05) is 0 Å². The number of carbonyl (C=O) groups is 1. The minimum atomic E-state index is -0.106. The Hall–Kier alpha value is -1.39. The van der Waals surface area contributed by atoms with E-state index in [2.05, 4.69) is 31.0 Å². The van der Waals surface area contributed by atoms with Gasteiger partial charge >= 0.3 is 5.97 Å². The molecule has 1 saturated carbocycles. The summed E-state index contributed by atoms with van der Waals surface area (Å²) < 4.78 is 7.73. The Morgan fingerprint density at radius 3 is 2.68 bits per heavy atom. The van der Waals surface area contributed by atoms with Gasteiger partial charge in [-0.3, -0.25) is 4.79 Å². The van der Waals surface area contributed by atoms with Crippen LogP contribution in [0, 0.1) is 24.7 Å². The first-order chi connectivity index (χ1) is 10.4. The molecule has 1 aliphatic rings. The second kappa shape index (κ2) is 7.25. The molecular formula is C17H29N3O2. The van der Waals surface area contributed by atoms with E-state index < -0.39 is 0 Å². The van der Waals surface area contributed by atoms with Gasteiger partial charge in [-0.2, -0.15) is 0 Å². The van der Waals surface area contributed by atoms with Crippen molar-refractivity contribution in [3.05, 3.63) is 11.6 Å². The van der Waals surface area contributed by atoms with Crippen LogP contribution in [-0.2, 0) is 23.0 Å². The van der Waals surface area contributed by atoms with Gasteiger partial charge in [0, 0.05) is 13.5 Å². The van der Waals surface area contributed by atoms with Crippen molar-refractivity contribution < 1.29 is 9.53 Å². The summed E-state index contributed by atoms with van der Waals surface area (Å²) in [5.41, 5.74) is 0. The number of aryl methyl sites for hydroxylation is 2. The van der Waals surface area contributed by atoms with Crippen LogP contribution in [0.15, 0.2) is 0 Å². The molecule has 1 aromatic rings. The molecule has 1 heterocycles. The minimum absolute atomic E-state index is 0.0810. The standard InChI is InChI=1S/C17H29N3O2/c1-11(2)14-7-6-12(3)10-15(14)22-17(21)9-8-16-19-18-13(4)20(16)5/h11-12,14-15H,6-10H2,1-5H3/t12-,14-,15+/m1/s1. The lowest BCUT2D eigenvalue weighted by Crippen LogP contribution is -2.35. The average Bonchev–Trinajstić information content (AvgIpc) is 2.76. The molecule has 1 aliphatic carbocycles. The molecule has 22 heavy (non-hydrogen) atoms. The first-order valence-corrected chi connectivity index (χ1v) is 8.42. The number of rotatable bonds is 5. The van der Waals surface area contributed by atoms with Gasteiger partial charge in [0.25, 0.3) is 0 Å². The van der Waals surface area contributed by atoms with Crippen molar-refractivity contribution in [3.63, 3.8) is 0 Å². The first-order valence-electron chi connectivity index (χ1n) is 8.42. The molecule has 0 amide bonds. The average molecular weight is 307 g/mol. The first kappa shape index (κ1) is 17.0. The van der Waals surface area contributed by atoms with Crippen molar-refractivity contribution in [2.24, 2.45) is 24.8 Å². The van der Waals surface area contributed by atoms with Crippen LogP contribution >= 0.6 is 0 Å². The second-order valence-electron chi connectivity index (χ2n) is 7.08. The number of carbonyl (C=O) groups excluding carboxylic acids is 1. The molecule has 1 fully saturated rings. The van der Waals surface area contributed by atoms with Crippen LogP contribution < -0.4 is 0 Å². The van der Waals surface area contributed by atoms with E-state index in [-0.39, 0.29) is 12.1 Å². The Balaban J connectivity index is 1.88. The highest BCUT2D eigenvalue weighted by atomic mass is 16.5. The summed E-state index contributed by atoms with van der Waals surface area (Å²) in [5.74, 6) is 3.31. The van der Waals surface area contributed by atoms with Crippen molar-refractivity contribution >= 4 is 5.97 Å². The number of hydrogen-bond donors (Lipinski definition) is 0. The SMILES string of the molecule is Cc1nnc(CCC(=O)O[C@H]2C[C@H](C)CC[C@@H]2C(C)C)n1C. The van der Waals surface area contributed by atoms with Crippen LogP contribution in [0.1, 0.15) is 58.1 Å². The molecule has 2 rings (SSSR count). The van der Waals surface area contributed by atoms with Gasteiger partial charge in [0.2, 0.25) is 0 Å². The molecule has 5 nitrogen and oxygen atoms in total. The fourth-order valence-electron chi connectivity index (χ4n) is 3.36. The minimum Gasteiger partial charge on any atom is -0.462 e. The molecule has 0 N–H and O–H groups in total. The van der Waals surface area contributed by atoms with Gasteiger partial charge in [0.15, 0.2) is 0 Å². The van der Waals surface area contributed by atoms with Crippen molar-refractivity contribution in [2.45, 2.75) is 65.9 Å². The largest absolute Gasteiger partial charge is 0.462 e. The molecular weight excluding hydrogens is 278 g/mol. The molecule has 124 valence electrons. The highest BCUT2D eigenvalue weighted by molar-refractivity contribution is 5.69. The molecule has 5 heteroatoms. The Bertz CT molecular complexity index is 510. The number of hydrogen-bond acceptors (Lipinski definition) is 4. The maximum Gasteiger partial charge on any atom is 0.306 e. The van der Waals surface area contributed by atoms with Crippen LogP contribution in [0.4, 0.5) is 0 Å². The van der Waals surface area contributed by atoms with Gasteiger partial charge in [-0.15, -0.1) is 10.2 Å². The highest BCUT2D eigenvalue weighted by Crippen LogP contribution is 2.35. The lowest BCUT2D eigenvalue weighted by Gasteiger charge is -2.36. The summed E-state index contributed by atoms with van der Waals surface area (Å²) in [6.45, 7) is 8.61. The third-order valence-corrected chi connectivity index (χ3v) is 4.98. The number of aromatic nitrogens is 3. The predicted molar refractivity (Wildman–Crippen MR) is 85.3 cm³/mol. The van der Waals surface area contributed by atoms with Crippen LogP contribution in [-0.4, -0.2) is 26.8 Å². The lowest BCUT2D eigenvalue weighted by atomic mass is 9.75. The summed E-state index contributed by atoms with van der Waals surface area (Å²) in [6, 6.07) is 0. The van der Waals surface area contributed by atoms with E-state index >= 15 is 0 Å². The summed E-state index contributed by atoms with van der Waals surface area (Å²) in [5, 5.41) is 8.11. The van der Waals surface area contributed by atoms with Gasteiger partial charge < -0.3 is 9.30 Å². The Labute approximate surface area is 133 Å². The third-order valence-electron chi connectivity index (χ3n) is 4.98. The molecule has 0 aliphatic heterocycles. The molecule has 0 aromatic carbocycles.